The van der Waals surface area contributed by atoms with Gasteiger partial charge in [0.25, 0.3) is 0 Å². The molecule has 1 aliphatic heterocycles. The number of ether oxygens (including phenoxy) is 2. The van der Waals surface area contributed by atoms with Gasteiger partial charge in [-0.15, -0.1) is 0 Å². The summed E-state index contributed by atoms with van der Waals surface area (Å²) in [5.74, 6) is 5.22. The second-order valence-corrected chi connectivity index (χ2v) is 23.8. The number of hydrogen-bond acceptors (Lipinski definition) is 5. The smallest absolute Gasteiger partial charge is 0.332 e. The van der Waals surface area contributed by atoms with Crippen LogP contribution in [0.1, 0.15) is 61.8 Å². The standard InChI is InChI=1S/C43H50O5Si2/c1-40(2,3)49(35-21-13-9-14-22-35,36-23-15-10-16-24-36)46-33-30-43(44,39-29-32-45-42(7,8)48-39)31-34-47-50(41(4,5)6,37-25-17-11-18-26-37)38-27-19-12-20-28-38/h9-28,39,44H,29,32H2,1-8H3/t39-/m0/s1. The molecular weight excluding hydrogens is 653 g/mol. The molecule has 1 fully saturated rings. The lowest BCUT2D eigenvalue weighted by molar-refractivity contribution is -0.290. The first-order chi connectivity index (χ1) is 23.6. The number of hydrogen-bond donors (Lipinski definition) is 1. The Kier molecular flexibility index (Phi) is 10.9. The normalized spacial score (nSPS) is 16.6. The van der Waals surface area contributed by atoms with E-state index in [-0.39, 0.29) is 10.1 Å². The minimum atomic E-state index is -3.02. The van der Waals surface area contributed by atoms with Gasteiger partial charge in [0.2, 0.25) is 5.60 Å². The molecule has 1 aliphatic rings. The Morgan fingerprint density at radius 1 is 0.600 bits per heavy atom. The van der Waals surface area contributed by atoms with E-state index in [2.05, 4.69) is 114 Å². The van der Waals surface area contributed by atoms with Crippen molar-refractivity contribution in [2.24, 2.45) is 0 Å². The molecule has 0 bridgehead atoms. The maximum atomic E-state index is 12.5. The van der Waals surface area contributed by atoms with Crippen LogP contribution in [0.2, 0.25) is 10.1 Å². The van der Waals surface area contributed by atoms with E-state index in [1.165, 1.54) is 0 Å². The van der Waals surface area contributed by atoms with E-state index in [0.717, 1.165) is 20.7 Å². The highest BCUT2D eigenvalue weighted by Gasteiger charge is 2.53. The van der Waals surface area contributed by atoms with Crippen molar-refractivity contribution in [1.82, 2.24) is 0 Å². The van der Waals surface area contributed by atoms with Crippen molar-refractivity contribution in [2.75, 3.05) is 6.61 Å². The molecule has 4 aromatic carbocycles. The van der Waals surface area contributed by atoms with Crippen molar-refractivity contribution >= 4 is 37.4 Å². The van der Waals surface area contributed by atoms with E-state index < -0.39 is 34.1 Å². The zero-order valence-corrected chi connectivity index (χ0v) is 32.6. The summed E-state index contributed by atoms with van der Waals surface area (Å²) in [7, 11) is -6.05. The lowest BCUT2D eigenvalue weighted by Crippen LogP contribution is -2.66. The van der Waals surface area contributed by atoms with Crippen LogP contribution in [0, 0.1) is 24.1 Å². The lowest BCUT2D eigenvalue weighted by Gasteiger charge is -2.41. The summed E-state index contributed by atoms with van der Waals surface area (Å²) < 4.78 is 25.9. The van der Waals surface area contributed by atoms with Crippen LogP contribution in [0.15, 0.2) is 121 Å². The predicted octanol–water partition coefficient (Wildman–Crippen LogP) is 6.33. The summed E-state index contributed by atoms with van der Waals surface area (Å²) in [5, 5.41) is 16.2. The van der Waals surface area contributed by atoms with E-state index in [0.29, 0.717) is 13.0 Å². The van der Waals surface area contributed by atoms with Crippen molar-refractivity contribution < 1.29 is 23.4 Å². The summed E-state index contributed by atoms with van der Waals surface area (Å²) in [4.78, 5) is 0. The van der Waals surface area contributed by atoms with Gasteiger partial charge in [0.05, 0.1) is 18.8 Å². The highest BCUT2D eigenvalue weighted by Crippen LogP contribution is 2.38. The van der Waals surface area contributed by atoms with Crippen LogP contribution < -0.4 is 20.7 Å². The molecule has 0 aromatic heterocycles. The van der Waals surface area contributed by atoms with Crippen LogP contribution in [0.5, 0.6) is 0 Å². The van der Waals surface area contributed by atoms with Crippen LogP contribution in [0.3, 0.4) is 0 Å². The second-order valence-electron chi connectivity index (χ2n) is 15.4. The molecule has 0 aliphatic carbocycles. The van der Waals surface area contributed by atoms with Gasteiger partial charge in [0, 0.05) is 16.5 Å². The molecule has 0 saturated carbocycles. The Bertz CT molecular complexity index is 1630. The van der Waals surface area contributed by atoms with Crippen molar-refractivity contribution in [2.45, 2.75) is 89.4 Å². The first-order valence-electron chi connectivity index (χ1n) is 17.3. The monoisotopic (exact) mass is 702 g/mol. The first kappa shape index (κ1) is 37.2. The highest BCUT2D eigenvalue weighted by atomic mass is 28.4. The molecule has 0 radical (unpaired) electrons. The molecule has 1 atom stereocenters. The van der Waals surface area contributed by atoms with Gasteiger partial charge in [-0.1, -0.05) is 163 Å². The van der Waals surface area contributed by atoms with Crippen LogP contribution >= 0.6 is 0 Å². The SMILES string of the molecule is CC1(C)OCC[C@@H](C(O)(C#CO[Si](c2ccccc2)(c2ccccc2)C(C)(C)C)C#CO[Si](c2ccccc2)(c2ccccc2)C(C)(C)C)O1. The van der Waals surface area contributed by atoms with Crippen molar-refractivity contribution in [3.05, 3.63) is 121 Å². The third-order valence-electron chi connectivity index (χ3n) is 9.45. The molecule has 1 heterocycles. The van der Waals surface area contributed by atoms with Gasteiger partial charge in [-0.3, -0.25) is 0 Å². The average Bonchev–Trinajstić information content (AvgIpc) is 3.09. The number of benzene rings is 4. The molecule has 7 heteroatoms. The van der Waals surface area contributed by atoms with E-state index in [4.69, 9.17) is 18.3 Å². The van der Waals surface area contributed by atoms with Gasteiger partial charge < -0.3 is 23.4 Å². The Labute approximate surface area is 301 Å². The van der Waals surface area contributed by atoms with Crippen LogP contribution in [0.4, 0.5) is 0 Å². The third kappa shape index (κ3) is 7.49. The molecule has 0 amide bonds. The third-order valence-corrected chi connectivity index (χ3v) is 19.1. The summed E-state index contributed by atoms with van der Waals surface area (Å²) in [6.45, 7) is 17.2. The Morgan fingerprint density at radius 2 is 0.920 bits per heavy atom. The van der Waals surface area contributed by atoms with Crippen LogP contribution in [-0.2, 0) is 18.3 Å². The molecule has 50 heavy (non-hydrogen) atoms. The van der Waals surface area contributed by atoms with E-state index >= 15 is 0 Å². The zero-order valence-electron chi connectivity index (χ0n) is 30.6. The van der Waals surface area contributed by atoms with Crippen LogP contribution in [-0.4, -0.2) is 45.8 Å². The molecule has 5 nitrogen and oxygen atoms in total. The molecule has 1 saturated heterocycles. The lowest BCUT2D eigenvalue weighted by atomic mass is 9.95. The minimum Gasteiger partial charge on any atom is -0.489 e. The Morgan fingerprint density at radius 3 is 1.20 bits per heavy atom. The molecule has 260 valence electrons. The zero-order chi connectivity index (χ0) is 36.1. The first-order valence-corrected chi connectivity index (χ1v) is 21.1. The molecule has 0 spiro atoms. The van der Waals surface area contributed by atoms with E-state index in [9.17, 15) is 5.11 Å². The van der Waals surface area contributed by atoms with E-state index in [1.54, 1.807) is 0 Å². The molecule has 4 aromatic rings. The van der Waals surface area contributed by atoms with E-state index in [1.807, 2.05) is 86.6 Å². The Balaban J connectivity index is 1.65. The maximum Gasteiger partial charge on any atom is 0.332 e. The van der Waals surface area contributed by atoms with Gasteiger partial charge in [-0.2, -0.15) is 0 Å². The van der Waals surface area contributed by atoms with Gasteiger partial charge in [0.15, 0.2) is 5.79 Å². The summed E-state index contributed by atoms with van der Waals surface area (Å²) in [5.41, 5.74) is -1.93. The average molecular weight is 703 g/mol. The number of aliphatic hydroxyl groups is 1. The predicted molar refractivity (Wildman–Crippen MR) is 207 cm³/mol. The molecular formula is C43H50O5Si2. The van der Waals surface area contributed by atoms with Crippen molar-refractivity contribution in [3.8, 4) is 24.1 Å². The summed E-state index contributed by atoms with van der Waals surface area (Å²) >= 11 is 0. The largest absolute Gasteiger partial charge is 0.489 e. The quantitative estimate of drug-likeness (QED) is 0.180. The van der Waals surface area contributed by atoms with Gasteiger partial charge in [-0.25, -0.2) is 0 Å². The second kappa shape index (κ2) is 14.6. The number of rotatable bonds is 7. The minimum absolute atomic E-state index is 0.308. The van der Waals surface area contributed by atoms with Gasteiger partial charge in [0.1, 0.15) is 6.10 Å². The summed E-state index contributed by atoms with van der Waals surface area (Å²) in [6, 6.07) is 41.2. The van der Waals surface area contributed by atoms with Gasteiger partial charge in [-0.05, 0) is 46.4 Å². The fourth-order valence-corrected chi connectivity index (χ4v) is 15.3. The Hall–Kier alpha value is -4.09. The fourth-order valence-electron chi connectivity index (χ4n) is 6.99. The topological polar surface area (TPSA) is 57.2 Å². The molecule has 0 unspecified atom stereocenters. The summed E-state index contributed by atoms with van der Waals surface area (Å²) in [6.07, 6.45) is 5.67. The van der Waals surface area contributed by atoms with Crippen molar-refractivity contribution in [1.29, 1.82) is 0 Å². The van der Waals surface area contributed by atoms with Crippen LogP contribution in [0.25, 0.3) is 0 Å². The van der Waals surface area contributed by atoms with Gasteiger partial charge >= 0.3 is 16.6 Å². The molecule has 5 rings (SSSR count). The molecule has 1 N–H and O–H groups in total. The highest BCUT2D eigenvalue weighted by molar-refractivity contribution is 7.00. The fraction of sp³-hybridized carbons (Fsp3) is 0.349. The van der Waals surface area contributed by atoms with Crippen molar-refractivity contribution in [3.63, 3.8) is 0 Å². The maximum absolute atomic E-state index is 12.5.